The van der Waals surface area contributed by atoms with Crippen molar-refractivity contribution in [1.29, 1.82) is 5.41 Å². The molecule has 5 aliphatic rings. The summed E-state index contributed by atoms with van der Waals surface area (Å²) in [6.07, 6.45) is 18.8. The number of ether oxygens (including phenoxy) is 6. The van der Waals surface area contributed by atoms with Gasteiger partial charge in [-0.15, -0.1) is 65.9 Å². The Hall–Kier alpha value is -5.96. The smallest absolute Gasteiger partial charge is 0.351 e. The Labute approximate surface area is 665 Å². The van der Waals surface area contributed by atoms with E-state index in [-0.39, 0.29) is 11.6 Å². The van der Waals surface area contributed by atoms with E-state index in [2.05, 4.69) is 134 Å². The highest BCUT2D eigenvalue weighted by molar-refractivity contribution is 7.73. The van der Waals surface area contributed by atoms with Gasteiger partial charge in [-0.1, -0.05) is 0 Å². The third kappa shape index (κ3) is 25.5. The Balaban J connectivity index is 0.000000197. The number of aromatic amines is 1. The fraction of sp³-hybridized carbons (Fsp3) is 0.635. The lowest BCUT2D eigenvalue weighted by atomic mass is 10.1. The molecule has 0 saturated carbocycles. The summed E-state index contributed by atoms with van der Waals surface area (Å²) in [5, 5.41) is 106. The van der Waals surface area contributed by atoms with Crippen molar-refractivity contribution in [3.63, 3.8) is 0 Å². The number of aliphatic hydroxyl groups is 9. The van der Waals surface area contributed by atoms with Gasteiger partial charge in [-0.3, -0.25) is 32.8 Å². The molecule has 5 fully saturated rings. The standard InChI is InChI=1S/C16H24N3O4P.2C15H26N3O4P.2C14H24N3O4P/c1-9-7-10-8-19(16(22)18-14(10)17-9)15-13(21)12(20)11(23-15)5-6-24(2,3)4;1-17(2)11-6-8-18(15(21)16-11)14-13(20)12(19)10(22-14)7-9-23(3,4)5;1-16-11-6-8-18(15(20)17-11)14-13(21-2)12(19)10(22-14)7-9-23(3,4)5;1-16-10(15)5-7-17(14(16)20)13-12(19)11(18)9(21-13)6-8-22(2,3)4;1-15-10-5-7-17(14(20)16-10)13-12(19)11(18)9(21-13)6-8-22(2,3)4/h7-8,11-13,15,20-21H,2,5-6H2,1,3-4H3,(H,17,18,22);6,8,10,12-14,19-20H,3,7,9H2,1-2,4-5H3;6,8,10,12-14,19H,3,7,9H2,1-2,4-5H3,(H,16,17,20);5,7,9,11-13,15,18-19H,2,6,8H2,1,3-4H3;5,7,9,11-13,18-19H,2,6,8H2,1,3-4H3,(H,15,16,20)/t11-,12-,13-,15-;2*10-,12-,13-,14-;2*9-,11-,12-,13-/m11111/s1. The number of aromatic nitrogens is 11. The van der Waals surface area contributed by atoms with Crippen molar-refractivity contribution in [2.24, 2.45) is 7.05 Å². The Bertz CT molecular complexity index is 4860. The number of aryl methyl sites for hydroxylation is 1. The maximum Gasteiger partial charge on any atom is 0.351 e. The molecule has 5 saturated heterocycles. The molecule has 35 nitrogen and oxygen atoms in total. The first-order valence-corrected chi connectivity index (χ1v) is 52.6. The van der Waals surface area contributed by atoms with Gasteiger partial charge in [0.05, 0.1) is 30.5 Å². The predicted octanol–water partition coefficient (Wildman–Crippen LogP) is 0.825. The first-order valence-electron chi connectivity index (χ1n) is 37.4. The number of hydrogen-bond donors (Lipinski definition) is 13. The van der Waals surface area contributed by atoms with Crippen molar-refractivity contribution in [2.45, 2.75) is 162 Å². The van der Waals surface area contributed by atoms with Crippen molar-refractivity contribution in [3.05, 3.63) is 125 Å². The van der Waals surface area contributed by atoms with Gasteiger partial charge < -0.3 is 94.9 Å². The van der Waals surface area contributed by atoms with Gasteiger partial charge in [0.15, 0.2) is 31.1 Å². The van der Waals surface area contributed by atoms with Crippen molar-refractivity contribution in [3.8, 4) is 0 Å². The molecule has 0 spiro atoms. The molecular weight excluding hydrogens is 1570 g/mol. The summed E-state index contributed by atoms with van der Waals surface area (Å²) in [7, 11) is 9.92. The Kier molecular flexibility index (Phi) is 33.2. The first-order chi connectivity index (χ1) is 52.9. The summed E-state index contributed by atoms with van der Waals surface area (Å²) in [6, 6.07) is 8.27. The van der Waals surface area contributed by atoms with Gasteiger partial charge in [-0.2, -0.15) is 19.9 Å². The molecule has 5 aliphatic heterocycles. The van der Waals surface area contributed by atoms with Gasteiger partial charge in [0.2, 0.25) is 0 Å². The lowest BCUT2D eigenvalue weighted by Gasteiger charge is -2.20. The van der Waals surface area contributed by atoms with Crippen LogP contribution in [0.3, 0.4) is 0 Å². The summed E-state index contributed by atoms with van der Waals surface area (Å²) < 4.78 is 41.7. The van der Waals surface area contributed by atoms with Gasteiger partial charge in [-0.25, -0.2) is 24.0 Å². The van der Waals surface area contributed by atoms with Crippen LogP contribution < -0.4 is 49.5 Å². The average Bonchev–Trinajstić information content (AvgIpc) is 1.64. The van der Waals surface area contributed by atoms with E-state index in [1.54, 1.807) is 63.7 Å². The zero-order valence-electron chi connectivity index (χ0n) is 68.6. The SMILES string of the molecule is C=P(C)(C)CC[C@H]1O[C@@H](n2cc3cc(C)[nH]c3nc2=O)[C@H](O)[C@@H]1O.C=P(C)(C)CC[C@H]1O[C@@H](n2ccc(=N)n(C)c2=O)[C@H](O)[C@@H]1O.C=P(C)(C)CC[C@H]1O[C@@H](n2ccc(N(C)C)nc2=O)[C@H](O)[C@@H]1O.C=P(C)(C)CC[C@H]1O[C@@H](n2ccc(NC)nc2=O)[C@H](O)[C@@H]1O.C=P(C)(C)CC[C@H]1O[C@@H](n2ccc(NC)nc2=O)[C@H](OC)[C@@H]1O. The largest absolute Gasteiger partial charge is 0.388 e. The monoisotopic (exact) mass is 1700 g/mol. The average molecular weight is 1700 g/mol. The number of rotatable bonds is 24. The highest BCUT2D eigenvalue weighted by atomic mass is 31.2. The molecule has 40 heteroatoms. The van der Waals surface area contributed by atoms with Crippen LogP contribution in [0, 0.1) is 12.3 Å². The van der Waals surface area contributed by atoms with E-state index in [9.17, 15) is 69.9 Å². The number of aliphatic hydroxyl groups excluding tert-OH is 9. The summed E-state index contributed by atoms with van der Waals surface area (Å²) >= 11 is 0. The number of nitrogens with zero attached hydrogens (tertiary/aromatic N) is 11. The number of H-pyrrole nitrogens is 1. The normalized spacial score (nSPS) is 28.3. The highest BCUT2D eigenvalue weighted by Crippen LogP contribution is 2.44. The summed E-state index contributed by atoms with van der Waals surface area (Å²) in [6.45, 7) is 16.8. The topological polar surface area (TPSA) is 471 Å². The molecule has 0 unspecified atom stereocenters. The van der Waals surface area contributed by atoms with Gasteiger partial charge in [0, 0.05) is 84.4 Å². The number of anilines is 3. The van der Waals surface area contributed by atoms with Crippen LogP contribution >= 0.6 is 34.4 Å². The second kappa shape index (κ2) is 39.7. The van der Waals surface area contributed by atoms with E-state index in [1.165, 1.54) is 61.6 Å². The first kappa shape index (κ1) is 95.2. The fourth-order valence-electron chi connectivity index (χ4n) is 13.1. The molecule has 13 N–H and O–H groups in total. The van der Waals surface area contributed by atoms with E-state index >= 15 is 0 Å². The summed E-state index contributed by atoms with van der Waals surface area (Å²) in [5.74, 6) is 1.45. The third-order valence-electron chi connectivity index (χ3n) is 19.8. The Morgan fingerprint density at radius 2 is 0.789 bits per heavy atom. The van der Waals surface area contributed by atoms with Crippen molar-refractivity contribution < 1.29 is 74.4 Å². The van der Waals surface area contributed by atoms with Crippen LogP contribution in [-0.2, 0) is 35.5 Å². The fourth-order valence-corrected chi connectivity index (χ4v) is 17.8. The van der Waals surface area contributed by atoms with Gasteiger partial charge in [0.1, 0.15) is 89.6 Å². The maximum atomic E-state index is 12.3. The molecule has 6 aromatic rings. The molecule has 0 amide bonds. The molecule has 6 aromatic heterocycles. The molecule has 0 radical (unpaired) electrons. The predicted molar refractivity (Wildman–Crippen MR) is 461 cm³/mol. The van der Waals surface area contributed by atoms with Crippen LogP contribution in [0.4, 0.5) is 17.5 Å². The minimum Gasteiger partial charge on any atom is -0.388 e. The van der Waals surface area contributed by atoms with Crippen molar-refractivity contribution >= 4 is 94.4 Å². The minimum absolute atomic E-state index is 0.0643. The summed E-state index contributed by atoms with van der Waals surface area (Å²) in [5.41, 5.74) is -1.02. The molecule has 114 heavy (non-hydrogen) atoms. The Morgan fingerprint density at radius 1 is 0.474 bits per heavy atom. The quantitative estimate of drug-likeness (QED) is 0.0373. The van der Waals surface area contributed by atoms with E-state index in [0.717, 1.165) is 46.5 Å². The third-order valence-corrected chi connectivity index (χ3v) is 27.1. The van der Waals surface area contributed by atoms with E-state index in [0.29, 0.717) is 55.2 Å². The Morgan fingerprint density at radius 3 is 1.13 bits per heavy atom. The molecule has 0 aromatic carbocycles. The lowest BCUT2D eigenvalue weighted by Crippen LogP contribution is -2.41. The molecule has 11 rings (SSSR count). The second-order valence-electron chi connectivity index (χ2n) is 33.2. The molecular formula is C74H124N15O20P5. The van der Waals surface area contributed by atoms with Crippen LogP contribution in [-0.4, -0.2) is 354 Å². The maximum absolute atomic E-state index is 12.3. The van der Waals surface area contributed by atoms with Crippen LogP contribution in [0.1, 0.15) is 68.9 Å². The molecule has 640 valence electrons. The van der Waals surface area contributed by atoms with E-state index in [1.807, 2.05) is 13.0 Å². The van der Waals surface area contributed by atoms with Crippen molar-refractivity contribution in [2.75, 3.05) is 148 Å². The van der Waals surface area contributed by atoms with E-state index in [4.69, 9.17) is 33.8 Å². The number of fused-ring (bicyclic) bond motifs is 1. The minimum atomic E-state index is -1.25. The zero-order chi connectivity index (χ0) is 85.4. The van der Waals surface area contributed by atoms with E-state index < -0.39 is 179 Å². The molecule has 0 bridgehead atoms. The van der Waals surface area contributed by atoms with Gasteiger partial charge in [0.25, 0.3) is 0 Å². The number of hydrogen-bond acceptors (Lipinski definition) is 28. The summed E-state index contributed by atoms with van der Waals surface area (Å²) in [4.78, 5) is 81.1. The van der Waals surface area contributed by atoms with Gasteiger partial charge >= 0.3 is 28.4 Å². The van der Waals surface area contributed by atoms with Crippen LogP contribution in [0.25, 0.3) is 11.0 Å². The zero-order valence-corrected chi connectivity index (χ0v) is 73.1. The number of nitrogens with one attached hydrogen (secondary N) is 4. The second-order valence-corrected chi connectivity index (χ2v) is 54.8. The lowest BCUT2D eigenvalue weighted by molar-refractivity contribution is -0.0540. The number of methoxy groups -OCH3 is 1. The van der Waals surface area contributed by atoms with Crippen LogP contribution in [0.2, 0.25) is 0 Å². The molecule has 11 heterocycles. The van der Waals surface area contributed by atoms with Gasteiger partial charge in [-0.05, 0) is 167 Å². The highest BCUT2D eigenvalue weighted by Gasteiger charge is 2.49. The van der Waals surface area contributed by atoms with Crippen LogP contribution in [0.15, 0.2) is 85.3 Å². The van der Waals surface area contributed by atoms with Crippen LogP contribution in [0.5, 0.6) is 0 Å². The molecule has 20 atom stereocenters. The van der Waals surface area contributed by atoms with Crippen molar-refractivity contribution in [1.82, 2.24) is 52.3 Å². The molecule has 0 aliphatic carbocycles.